The summed E-state index contributed by atoms with van der Waals surface area (Å²) in [6.45, 7) is 11.6. The number of piperidine rings is 1. The Morgan fingerprint density at radius 2 is 1.80 bits per heavy atom. The summed E-state index contributed by atoms with van der Waals surface area (Å²) in [5.74, 6) is 1.39. The highest BCUT2D eigenvalue weighted by Gasteiger charge is 2.22. The van der Waals surface area contributed by atoms with Crippen LogP contribution < -0.4 is 15.5 Å². The zero-order chi connectivity index (χ0) is 20.5. The third-order valence-corrected chi connectivity index (χ3v) is 6.35. The number of aliphatic hydroxyl groups excluding tert-OH is 1. The van der Waals surface area contributed by atoms with Crippen LogP contribution in [0, 0.1) is 5.92 Å². The van der Waals surface area contributed by atoms with Crippen molar-refractivity contribution in [2.75, 3.05) is 50.8 Å². The maximum absolute atomic E-state index is 9.31. The zero-order valence-corrected chi connectivity index (χ0v) is 21.0. The summed E-state index contributed by atoms with van der Waals surface area (Å²) in [5.41, 5.74) is 2.51. The molecule has 0 bridgehead atoms. The van der Waals surface area contributed by atoms with Gasteiger partial charge in [-0.1, -0.05) is 19.1 Å². The molecule has 170 valence electrons. The Morgan fingerprint density at radius 3 is 2.43 bits per heavy atom. The highest BCUT2D eigenvalue weighted by molar-refractivity contribution is 14.0. The van der Waals surface area contributed by atoms with E-state index in [1.54, 1.807) is 0 Å². The van der Waals surface area contributed by atoms with E-state index in [-0.39, 0.29) is 24.0 Å². The fourth-order valence-corrected chi connectivity index (χ4v) is 4.46. The summed E-state index contributed by atoms with van der Waals surface area (Å²) in [6, 6.07) is 9.43. The number of benzene rings is 1. The molecule has 3 rings (SSSR count). The molecule has 1 aromatic carbocycles. The number of likely N-dealkylation sites (tertiary alicyclic amines) is 1. The van der Waals surface area contributed by atoms with Crippen LogP contribution in [0.3, 0.4) is 0 Å². The van der Waals surface area contributed by atoms with Crippen molar-refractivity contribution in [2.45, 2.75) is 52.1 Å². The molecule has 2 heterocycles. The molecule has 0 saturated carbocycles. The van der Waals surface area contributed by atoms with Crippen molar-refractivity contribution < 1.29 is 5.11 Å². The van der Waals surface area contributed by atoms with Gasteiger partial charge in [-0.2, -0.15) is 0 Å². The minimum absolute atomic E-state index is 0. The van der Waals surface area contributed by atoms with Crippen LogP contribution in [0.5, 0.6) is 0 Å². The Hall–Kier alpha value is -1.06. The SMILES string of the molecule is CCNC(=NCc1ccc(N2CCC(CO)CC2)cc1)NCC1CCCN1CC.I. The molecule has 1 unspecified atom stereocenters. The number of rotatable bonds is 8. The lowest BCUT2D eigenvalue weighted by molar-refractivity contribution is 0.203. The quantitative estimate of drug-likeness (QED) is 0.275. The van der Waals surface area contributed by atoms with E-state index < -0.39 is 0 Å². The van der Waals surface area contributed by atoms with E-state index in [0.717, 1.165) is 51.5 Å². The summed E-state index contributed by atoms with van der Waals surface area (Å²) >= 11 is 0. The molecule has 2 aliphatic heterocycles. The molecule has 2 aliphatic rings. The van der Waals surface area contributed by atoms with Crippen LogP contribution in [-0.4, -0.2) is 67.9 Å². The van der Waals surface area contributed by atoms with Gasteiger partial charge in [0.1, 0.15) is 0 Å². The molecule has 7 heteroatoms. The maximum atomic E-state index is 9.31. The van der Waals surface area contributed by atoms with Crippen molar-refractivity contribution in [3.8, 4) is 0 Å². The molecule has 0 spiro atoms. The number of anilines is 1. The van der Waals surface area contributed by atoms with Gasteiger partial charge in [0.15, 0.2) is 5.96 Å². The van der Waals surface area contributed by atoms with Crippen molar-refractivity contribution in [1.29, 1.82) is 0 Å². The molecule has 0 amide bonds. The molecule has 2 saturated heterocycles. The zero-order valence-electron chi connectivity index (χ0n) is 18.6. The molecule has 3 N–H and O–H groups in total. The van der Waals surface area contributed by atoms with Crippen molar-refractivity contribution in [3.63, 3.8) is 0 Å². The fraction of sp³-hybridized carbons (Fsp3) is 0.696. The molecule has 6 nitrogen and oxygen atoms in total. The molecule has 1 aromatic rings. The van der Waals surface area contributed by atoms with Gasteiger partial charge in [0, 0.05) is 44.5 Å². The number of hydrogen-bond donors (Lipinski definition) is 3. The number of nitrogens with zero attached hydrogens (tertiary/aromatic N) is 3. The smallest absolute Gasteiger partial charge is 0.191 e. The second-order valence-electron chi connectivity index (χ2n) is 8.28. The molecule has 0 radical (unpaired) electrons. The Labute approximate surface area is 199 Å². The molecule has 0 aliphatic carbocycles. The number of aliphatic hydroxyl groups is 1. The highest BCUT2D eigenvalue weighted by atomic mass is 127. The van der Waals surface area contributed by atoms with Crippen LogP contribution in [0.25, 0.3) is 0 Å². The van der Waals surface area contributed by atoms with Gasteiger partial charge in [-0.15, -0.1) is 24.0 Å². The first kappa shape index (κ1) is 25.2. The van der Waals surface area contributed by atoms with Crippen LogP contribution >= 0.6 is 24.0 Å². The van der Waals surface area contributed by atoms with Crippen LogP contribution in [-0.2, 0) is 6.54 Å². The maximum Gasteiger partial charge on any atom is 0.191 e. The van der Waals surface area contributed by atoms with E-state index in [1.165, 1.54) is 30.6 Å². The van der Waals surface area contributed by atoms with Crippen molar-refractivity contribution in [1.82, 2.24) is 15.5 Å². The summed E-state index contributed by atoms with van der Waals surface area (Å²) in [4.78, 5) is 9.77. The van der Waals surface area contributed by atoms with Crippen LogP contribution in [0.15, 0.2) is 29.3 Å². The molecular weight excluding hydrogens is 489 g/mol. The Morgan fingerprint density at radius 1 is 1.07 bits per heavy atom. The van der Waals surface area contributed by atoms with Crippen LogP contribution in [0.4, 0.5) is 5.69 Å². The fourth-order valence-electron chi connectivity index (χ4n) is 4.46. The van der Waals surface area contributed by atoms with Gasteiger partial charge in [-0.05, 0) is 69.3 Å². The number of halogens is 1. The van der Waals surface area contributed by atoms with E-state index >= 15 is 0 Å². The molecule has 0 aromatic heterocycles. The average molecular weight is 530 g/mol. The Kier molecular flexibility index (Phi) is 11.2. The first-order chi connectivity index (χ1) is 14.2. The topological polar surface area (TPSA) is 63.1 Å². The number of hydrogen-bond acceptors (Lipinski definition) is 4. The number of likely N-dealkylation sites (N-methyl/N-ethyl adjacent to an activating group) is 1. The van der Waals surface area contributed by atoms with E-state index in [9.17, 15) is 5.11 Å². The van der Waals surface area contributed by atoms with Crippen LogP contribution in [0.1, 0.15) is 45.1 Å². The average Bonchev–Trinajstić information content (AvgIpc) is 3.24. The van der Waals surface area contributed by atoms with Gasteiger partial charge >= 0.3 is 0 Å². The lowest BCUT2D eigenvalue weighted by Gasteiger charge is -2.32. The Bertz CT molecular complexity index is 631. The molecular formula is C23H40IN5O. The third-order valence-electron chi connectivity index (χ3n) is 6.35. The first-order valence-corrected chi connectivity index (χ1v) is 11.4. The molecule has 30 heavy (non-hydrogen) atoms. The normalized spacial score (nSPS) is 20.8. The van der Waals surface area contributed by atoms with Gasteiger partial charge in [0.25, 0.3) is 0 Å². The Balaban J connectivity index is 0.00000320. The minimum atomic E-state index is 0. The van der Waals surface area contributed by atoms with Crippen molar-refractivity contribution in [3.05, 3.63) is 29.8 Å². The number of aliphatic imine (C=N–C) groups is 1. The van der Waals surface area contributed by atoms with Gasteiger partial charge in [-0.25, -0.2) is 4.99 Å². The van der Waals surface area contributed by atoms with E-state index in [0.29, 0.717) is 25.1 Å². The summed E-state index contributed by atoms with van der Waals surface area (Å²) in [6.07, 6.45) is 4.74. The van der Waals surface area contributed by atoms with Gasteiger partial charge in [-0.3, -0.25) is 4.90 Å². The summed E-state index contributed by atoms with van der Waals surface area (Å²) in [5, 5.41) is 16.2. The number of guanidine groups is 1. The van der Waals surface area contributed by atoms with E-state index in [4.69, 9.17) is 4.99 Å². The van der Waals surface area contributed by atoms with Crippen molar-refractivity contribution >= 4 is 35.6 Å². The first-order valence-electron chi connectivity index (χ1n) is 11.4. The van der Waals surface area contributed by atoms with Crippen LogP contribution in [0.2, 0.25) is 0 Å². The largest absolute Gasteiger partial charge is 0.396 e. The molecule has 1 atom stereocenters. The second-order valence-corrected chi connectivity index (χ2v) is 8.28. The highest BCUT2D eigenvalue weighted by Crippen LogP contribution is 2.23. The standard InChI is InChI=1S/C23H39N5O.HI/c1-3-24-23(26-17-22-6-5-13-27(22)4-2)25-16-19-7-9-21(10-8-19)28-14-11-20(18-29)12-15-28;/h7-10,20,22,29H,3-6,11-18H2,1-2H3,(H2,24,25,26);1H. The van der Waals surface area contributed by atoms with Gasteiger partial charge < -0.3 is 20.6 Å². The lowest BCUT2D eigenvalue weighted by Crippen LogP contribution is -2.44. The van der Waals surface area contributed by atoms with Crippen molar-refractivity contribution in [2.24, 2.45) is 10.9 Å². The predicted octanol–water partition coefficient (Wildman–Crippen LogP) is 3.05. The number of nitrogens with one attached hydrogen (secondary N) is 2. The summed E-state index contributed by atoms with van der Waals surface area (Å²) in [7, 11) is 0. The predicted molar refractivity (Wildman–Crippen MR) is 137 cm³/mol. The van der Waals surface area contributed by atoms with E-state index in [1.807, 2.05) is 0 Å². The van der Waals surface area contributed by atoms with Gasteiger partial charge in [0.2, 0.25) is 0 Å². The monoisotopic (exact) mass is 529 g/mol. The van der Waals surface area contributed by atoms with Gasteiger partial charge in [0.05, 0.1) is 6.54 Å². The molecule has 2 fully saturated rings. The summed E-state index contributed by atoms with van der Waals surface area (Å²) < 4.78 is 0. The lowest BCUT2D eigenvalue weighted by atomic mass is 9.97. The second kappa shape index (κ2) is 13.4. The van der Waals surface area contributed by atoms with E-state index in [2.05, 4.69) is 58.5 Å². The minimum Gasteiger partial charge on any atom is -0.396 e. The third kappa shape index (κ3) is 7.27.